The van der Waals surface area contributed by atoms with Crippen LogP contribution in [0.25, 0.3) is 10.9 Å². The molecule has 0 saturated heterocycles. The highest BCUT2D eigenvalue weighted by Gasteiger charge is 2.33. The zero-order valence-corrected chi connectivity index (χ0v) is 13.2. The molecule has 1 unspecified atom stereocenters. The van der Waals surface area contributed by atoms with Crippen LogP contribution in [0.5, 0.6) is 0 Å². The normalized spacial score (nSPS) is 13.8. The number of hydrogen-bond acceptors (Lipinski definition) is 2. The van der Waals surface area contributed by atoms with E-state index in [0.29, 0.717) is 18.7 Å². The van der Waals surface area contributed by atoms with Crippen molar-refractivity contribution >= 4 is 22.8 Å². The van der Waals surface area contributed by atoms with Crippen LogP contribution in [0.3, 0.4) is 0 Å². The fraction of sp³-hybridized carbons (Fsp3) is 0.412. The van der Waals surface area contributed by atoms with Gasteiger partial charge in [0.05, 0.1) is 0 Å². The highest BCUT2D eigenvalue weighted by atomic mass is 16.4. The number of carbonyl (C=O) groups is 2. The lowest BCUT2D eigenvalue weighted by Crippen LogP contribution is -2.52. The second-order valence-corrected chi connectivity index (χ2v) is 5.68. The van der Waals surface area contributed by atoms with Crippen molar-refractivity contribution in [2.24, 2.45) is 0 Å². The summed E-state index contributed by atoms with van der Waals surface area (Å²) in [6, 6.07) is 9.60. The number of aromatic nitrogens is 1. The van der Waals surface area contributed by atoms with Crippen molar-refractivity contribution in [3.63, 3.8) is 0 Å². The SMILES string of the molecule is CCCn1c(C(=O)NC(C)(CC)C(=O)O)cc2ccccc21. The summed E-state index contributed by atoms with van der Waals surface area (Å²) in [5, 5.41) is 13.0. The minimum absolute atomic E-state index is 0.322. The first-order valence-corrected chi connectivity index (χ1v) is 7.57. The fourth-order valence-electron chi connectivity index (χ4n) is 2.47. The number of nitrogens with zero attached hydrogens (tertiary/aromatic N) is 1. The van der Waals surface area contributed by atoms with Crippen LogP contribution >= 0.6 is 0 Å². The van der Waals surface area contributed by atoms with E-state index in [9.17, 15) is 14.7 Å². The van der Waals surface area contributed by atoms with Gasteiger partial charge >= 0.3 is 5.97 Å². The Labute approximate surface area is 129 Å². The predicted molar refractivity (Wildman–Crippen MR) is 86.0 cm³/mol. The van der Waals surface area contributed by atoms with E-state index in [1.807, 2.05) is 41.8 Å². The molecule has 1 aromatic carbocycles. The summed E-state index contributed by atoms with van der Waals surface area (Å²) in [5.41, 5.74) is 0.233. The third kappa shape index (κ3) is 2.84. The molecule has 0 saturated carbocycles. The maximum absolute atomic E-state index is 12.6. The second kappa shape index (κ2) is 6.22. The van der Waals surface area contributed by atoms with Crippen molar-refractivity contribution in [2.45, 2.75) is 45.7 Å². The van der Waals surface area contributed by atoms with E-state index < -0.39 is 11.5 Å². The molecule has 0 aliphatic carbocycles. The Morgan fingerprint density at radius 1 is 1.27 bits per heavy atom. The number of fused-ring (bicyclic) bond motifs is 1. The minimum Gasteiger partial charge on any atom is -0.480 e. The zero-order chi connectivity index (χ0) is 16.3. The van der Waals surface area contributed by atoms with Gasteiger partial charge in [-0.2, -0.15) is 0 Å². The highest BCUT2D eigenvalue weighted by molar-refractivity contribution is 6.01. The Hall–Kier alpha value is -2.30. The lowest BCUT2D eigenvalue weighted by molar-refractivity contribution is -0.143. The van der Waals surface area contributed by atoms with Crippen LogP contribution in [-0.2, 0) is 11.3 Å². The van der Waals surface area contributed by atoms with Gasteiger partial charge in [-0.15, -0.1) is 0 Å². The molecule has 22 heavy (non-hydrogen) atoms. The van der Waals surface area contributed by atoms with Gasteiger partial charge in [0.1, 0.15) is 11.2 Å². The molecule has 1 aromatic heterocycles. The van der Waals surface area contributed by atoms with Crippen LogP contribution in [0.4, 0.5) is 0 Å². The quantitative estimate of drug-likeness (QED) is 0.861. The largest absolute Gasteiger partial charge is 0.480 e. The summed E-state index contributed by atoms with van der Waals surface area (Å²) < 4.78 is 1.95. The van der Waals surface area contributed by atoms with Gasteiger partial charge in [0.25, 0.3) is 5.91 Å². The predicted octanol–water partition coefficient (Wildman–Crippen LogP) is 3.03. The van der Waals surface area contributed by atoms with Gasteiger partial charge in [-0.25, -0.2) is 4.79 Å². The minimum atomic E-state index is -1.26. The third-order valence-electron chi connectivity index (χ3n) is 4.06. The third-order valence-corrected chi connectivity index (χ3v) is 4.06. The molecule has 5 heteroatoms. The molecule has 2 rings (SSSR count). The first kappa shape index (κ1) is 16.1. The standard InChI is InChI=1S/C17H22N2O3/c1-4-10-19-13-9-7-6-8-12(13)11-14(19)15(20)18-17(3,5-2)16(21)22/h6-9,11H,4-5,10H2,1-3H3,(H,18,20)(H,21,22). The molecule has 0 fully saturated rings. The molecular formula is C17H22N2O3. The van der Waals surface area contributed by atoms with Crippen LogP contribution in [0.1, 0.15) is 44.1 Å². The molecule has 2 N–H and O–H groups in total. The number of carbonyl (C=O) groups excluding carboxylic acids is 1. The van der Waals surface area contributed by atoms with Crippen LogP contribution in [0, 0.1) is 0 Å². The van der Waals surface area contributed by atoms with Crippen molar-refractivity contribution in [1.82, 2.24) is 9.88 Å². The number of benzene rings is 1. The van der Waals surface area contributed by atoms with Gasteiger partial charge in [0.15, 0.2) is 0 Å². The lowest BCUT2D eigenvalue weighted by atomic mass is 9.99. The van der Waals surface area contributed by atoms with Crippen LogP contribution in [0.15, 0.2) is 30.3 Å². The Kier molecular flexibility index (Phi) is 4.54. The number of carboxylic acids is 1. The summed E-state index contributed by atoms with van der Waals surface area (Å²) in [6.07, 6.45) is 1.21. The fourth-order valence-corrected chi connectivity index (χ4v) is 2.47. The van der Waals surface area contributed by atoms with E-state index >= 15 is 0 Å². The van der Waals surface area contributed by atoms with E-state index in [1.54, 1.807) is 6.92 Å². The number of hydrogen-bond donors (Lipinski definition) is 2. The molecule has 2 aromatic rings. The summed E-state index contributed by atoms with van der Waals surface area (Å²) in [7, 11) is 0. The smallest absolute Gasteiger partial charge is 0.329 e. The molecule has 5 nitrogen and oxygen atoms in total. The molecule has 1 heterocycles. The van der Waals surface area contributed by atoms with E-state index in [1.165, 1.54) is 6.92 Å². The Morgan fingerprint density at radius 2 is 1.95 bits per heavy atom. The van der Waals surface area contributed by atoms with Crippen molar-refractivity contribution in [2.75, 3.05) is 0 Å². The topological polar surface area (TPSA) is 71.3 Å². The molecule has 0 bridgehead atoms. The Bertz CT molecular complexity index is 705. The Morgan fingerprint density at radius 3 is 2.55 bits per heavy atom. The number of aryl methyl sites for hydroxylation is 1. The van der Waals surface area contributed by atoms with Gasteiger partial charge in [0, 0.05) is 17.4 Å². The lowest BCUT2D eigenvalue weighted by Gasteiger charge is -2.24. The average molecular weight is 302 g/mol. The first-order chi connectivity index (χ1) is 10.4. The summed E-state index contributed by atoms with van der Waals surface area (Å²) >= 11 is 0. The maximum atomic E-state index is 12.6. The van der Waals surface area contributed by atoms with Crippen LogP contribution in [0.2, 0.25) is 0 Å². The number of rotatable bonds is 6. The molecule has 118 valence electrons. The molecule has 1 atom stereocenters. The van der Waals surface area contributed by atoms with Crippen molar-refractivity contribution in [3.8, 4) is 0 Å². The van der Waals surface area contributed by atoms with Crippen molar-refractivity contribution in [1.29, 1.82) is 0 Å². The van der Waals surface area contributed by atoms with Gasteiger partial charge < -0.3 is 15.0 Å². The molecule has 1 amide bonds. The van der Waals surface area contributed by atoms with E-state index in [-0.39, 0.29) is 5.91 Å². The second-order valence-electron chi connectivity index (χ2n) is 5.68. The summed E-state index contributed by atoms with van der Waals surface area (Å²) in [6.45, 7) is 6.03. The van der Waals surface area contributed by atoms with Crippen LogP contribution in [-0.4, -0.2) is 27.1 Å². The van der Waals surface area contributed by atoms with Crippen molar-refractivity contribution in [3.05, 3.63) is 36.0 Å². The first-order valence-electron chi connectivity index (χ1n) is 7.57. The number of nitrogens with one attached hydrogen (secondary N) is 1. The average Bonchev–Trinajstić information content (AvgIpc) is 2.86. The van der Waals surface area contributed by atoms with Gasteiger partial charge in [0.2, 0.25) is 0 Å². The van der Waals surface area contributed by atoms with Gasteiger partial charge in [-0.3, -0.25) is 4.79 Å². The molecular weight excluding hydrogens is 280 g/mol. The number of aliphatic carboxylic acids is 1. The van der Waals surface area contributed by atoms with E-state index in [2.05, 4.69) is 5.32 Å². The number of amides is 1. The number of carboxylic acid groups (broad SMARTS) is 1. The summed E-state index contributed by atoms with van der Waals surface area (Å²) in [4.78, 5) is 24.0. The van der Waals surface area contributed by atoms with E-state index in [0.717, 1.165) is 17.3 Å². The van der Waals surface area contributed by atoms with Crippen LogP contribution < -0.4 is 5.32 Å². The van der Waals surface area contributed by atoms with Crippen molar-refractivity contribution < 1.29 is 14.7 Å². The maximum Gasteiger partial charge on any atom is 0.329 e. The Balaban J connectivity index is 2.43. The monoisotopic (exact) mass is 302 g/mol. The zero-order valence-electron chi connectivity index (χ0n) is 13.2. The summed E-state index contributed by atoms with van der Waals surface area (Å²) in [5.74, 6) is -1.38. The molecule has 0 spiro atoms. The van der Waals surface area contributed by atoms with E-state index in [4.69, 9.17) is 0 Å². The van der Waals surface area contributed by atoms with Gasteiger partial charge in [-0.05, 0) is 31.9 Å². The molecule has 0 aliphatic rings. The van der Waals surface area contributed by atoms with Gasteiger partial charge in [-0.1, -0.05) is 32.0 Å². The highest BCUT2D eigenvalue weighted by Crippen LogP contribution is 2.21. The molecule has 0 aliphatic heterocycles. The molecule has 0 radical (unpaired) electrons. The number of para-hydroxylation sites is 1.